The molecule has 1 aliphatic rings. The zero-order chi connectivity index (χ0) is 13.1. The van der Waals surface area contributed by atoms with Crippen LogP contribution in [0.25, 0.3) is 0 Å². The SMILES string of the molecule is C=CCC1CCCC(S(N)(=O)=O)=C1C(=O)OC. The maximum Gasteiger partial charge on any atom is 0.335 e. The zero-order valence-corrected chi connectivity index (χ0v) is 10.6. The third-order valence-electron chi connectivity index (χ3n) is 2.87. The third kappa shape index (κ3) is 3.17. The first-order valence-corrected chi connectivity index (χ1v) is 6.91. The van der Waals surface area contributed by atoms with Gasteiger partial charge in [0.15, 0.2) is 0 Å². The number of carbonyl (C=O) groups excluding carboxylic acids is 1. The molecule has 0 spiro atoms. The van der Waals surface area contributed by atoms with E-state index in [9.17, 15) is 13.2 Å². The molecule has 96 valence electrons. The number of sulfonamides is 1. The van der Waals surface area contributed by atoms with Gasteiger partial charge < -0.3 is 4.74 Å². The summed E-state index contributed by atoms with van der Waals surface area (Å²) in [7, 11) is -2.61. The summed E-state index contributed by atoms with van der Waals surface area (Å²) in [5, 5.41) is 5.13. The van der Waals surface area contributed by atoms with Gasteiger partial charge in [-0.15, -0.1) is 6.58 Å². The maximum atomic E-state index is 11.7. The molecule has 1 atom stereocenters. The number of allylic oxidation sites excluding steroid dienone is 2. The van der Waals surface area contributed by atoms with Gasteiger partial charge in [0, 0.05) is 0 Å². The Labute approximate surface area is 101 Å². The first-order valence-electron chi connectivity index (χ1n) is 5.36. The lowest BCUT2D eigenvalue weighted by atomic mass is 9.85. The van der Waals surface area contributed by atoms with Crippen molar-refractivity contribution in [2.45, 2.75) is 25.7 Å². The smallest absolute Gasteiger partial charge is 0.335 e. The molecule has 0 aromatic rings. The van der Waals surface area contributed by atoms with Crippen LogP contribution < -0.4 is 5.14 Å². The van der Waals surface area contributed by atoms with E-state index < -0.39 is 16.0 Å². The van der Waals surface area contributed by atoms with Crippen molar-refractivity contribution in [2.24, 2.45) is 11.1 Å². The average molecular weight is 259 g/mol. The number of hydrogen-bond acceptors (Lipinski definition) is 4. The first kappa shape index (κ1) is 13.9. The lowest BCUT2D eigenvalue weighted by Crippen LogP contribution is -2.27. The molecule has 0 aromatic carbocycles. The van der Waals surface area contributed by atoms with Crippen molar-refractivity contribution in [3.05, 3.63) is 23.1 Å². The molecule has 0 fully saturated rings. The Kier molecular flexibility index (Phi) is 4.47. The van der Waals surface area contributed by atoms with Gasteiger partial charge in [-0.3, -0.25) is 0 Å². The van der Waals surface area contributed by atoms with Crippen molar-refractivity contribution >= 4 is 16.0 Å². The minimum absolute atomic E-state index is 0.0162. The Morgan fingerprint density at radius 3 is 2.76 bits per heavy atom. The van der Waals surface area contributed by atoms with Crippen LogP contribution in [0.4, 0.5) is 0 Å². The predicted molar refractivity (Wildman–Crippen MR) is 64.3 cm³/mol. The lowest BCUT2D eigenvalue weighted by molar-refractivity contribution is -0.136. The molecule has 5 nitrogen and oxygen atoms in total. The van der Waals surface area contributed by atoms with E-state index in [1.54, 1.807) is 6.08 Å². The summed E-state index contributed by atoms with van der Waals surface area (Å²) in [6.07, 6.45) is 3.96. The van der Waals surface area contributed by atoms with Crippen LogP contribution in [0.1, 0.15) is 25.7 Å². The van der Waals surface area contributed by atoms with Gasteiger partial charge in [0.25, 0.3) is 0 Å². The van der Waals surface area contributed by atoms with E-state index in [1.807, 2.05) is 0 Å². The summed E-state index contributed by atoms with van der Waals surface area (Å²) >= 11 is 0. The van der Waals surface area contributed by atoms with Gasteiger partial charge in [0.1, 0.15) is 0 Å². The van der Waals surface area contributed by atoms with Crippen molar-refractivity contribution < 1.29 is 17.9 Å². The summed E-state index contributed by atoms with van der Waals surface area (Å²) < 4.78 is 27.5. The second-order valence-corrected chi connectivity index (χ2v) is 5.57. The predicted octanol–water partition coefficient (Wildman–Crippen LogP) is 1.08. The van der Waals surface area contributed by atoms with Crippen LogP contribution in [0.15, 0.2) is 23.1 Å². The van der Waals surface area contributed by atoms with Crippen LogP contribution in [-0.4, -0.2) is 21.5 Å². The Bertz CT molecular complexity index is 450. The molecule has 17 heavy (non-hydrogen) atoms. The molecular formula is C11H17NO4S. The number of hydrogen-bond donors (Lipinski definition) is 1. The van der Waals surface area contributed by atoms with Crippen molar-refractivity contribution in [3.63, 3.8) is 0 Å². The minimum atomic E-state index is -3.84. The zero-order valence-electron chi connectivity index (χ0n) is 9.81. The molecule has 1 rings (SSSR count). The molecule has 0 amide bonds. The number of ether oxygens (including phenoxy) is 1. The lowest BCUT2D eigenvalue weighted by Gasteiger charge is -2.25. The highest BCUT2D eigenvalue weighted by Crippen LogP contribution is 2.35. The summed E-state index contributed by atoms with van der Waals surface area (Å²) in [5.74, 6) is -0.775. The summed E-state index contributed by atoms with van der Waals surface area (Å²) in [6.45, 7) is 3.61. The Morgan fingerprint density at radius 2 is 2.29 bits per heavy atom. The number of primary sulfonamides is 1. The molecule has 0 saturated carbocycles. The number of nitrogens with two attached hydrogens (primary N) is 1. The van der Waals surface area contributed by atoms with E-state index in [0.717, 1.165) is 6.42 Å². The highest BCUT2D eigenvalue weighted by molar-refractivity contribution is 7.93. The van der Waals surface area contributed by atoms with Crippen molar-refractivity contribution in [3.8, 4) is 0 Å². The molecule has 0 radical (unpaired) electrons. The molecule has 6 heteroatoms. The molecule has 0 bridgehead atoms. The fourth-order valence-corrected chi connectivity index (χ4v) is 3.12. The topological polar surface area (TPSA) is 86.5 Å². The molecule has 0 aromatic heterocycles. The molecule has 1 aliphatic carbocycles. The van der Waals surface area contributed by atoms with E-state index in [2.05, 4.69) is 11.3 Å². The second-order valence-electron chi connectivity index (χ2n) is 3.99. The minimum Gasteiger partial charge on any atom is -0.466 e. The Balaban J connectivity index is 3.30. The van der Waals surface area contributed by atoms with Gasteiger partial charge in [-0.1, -0.05) is 6.08 Å². The largest absolute Gasteiger partial charge is 0.466 e. The van der Waals surface area contributed by atoms with Gasteiger partial charge in [-0.2, -0.15) is 0 Å². The fraction of sp³-hybridized carbons (Fsp3) is 0.545. The summed E-state index contributed by atoms with van der Waals surface area (Å²) in [6, 6.07) is 0. The van der Waals surface area contributed by atoms with E-state index in [-0.39, 0.29) is 16.4 Å². The monoisotopic (exact) mass is 259 g/mol. The standard InChI is InChI=1S/C11H17NO4S/c1-3-5-8-6-4-7-9(17(12,14)15)10(8)11(13)16-2/h3,8H,1,4-7H2,2H3,(H2,12,14,15). The van der Waals surface area contributed by atoms with Crippen LogP contribution in [0.3, 0.4) is 0 Å². The van der Waals surface area contributed by atoms with Gasteiger partial charge in [0.2, 0.25) is 10.0 Å². The van der Waals surface area contributed by atoms with Crippen LogP contribution in [0.5, 0.6) is 0 Å². The van der Waals surface area contributed by atoms with E-state index >= 15 is 0 Å². The summed E-state index contributed by atoms with van der Waals surface area (Å²) in [5.41, 5.74) is 0.196. The van der Waals surface area contributed by atoms with E-state index in [0.29, 0.717) is 19.3 Å². The second kappa shape index (κ2) is 5.46. The highest BCUT2D eigenvalue weighted by Gasteiger charge is 2.32. The third-order valence-corrected chi connectivity index (χ3v) is 3.98. The molecule has 1 unspecified atom stereocenters. The number of methoxy groups -OCH3 is 1. The van der Waals surface area contributed by atoms with Crippen LogP contribution >= 0.6 is 0 Å². The van der Waals surface area contributed by atoms with Crippen molar-refractivity contribution in [2.75, 3.05) is 7.11 Å². The molecule has 2 N–H and O–H groups in total. The van der Waals surface area contributed by atoms with E-state index in [4.69, 9.17) is 5.14 Å². The van der Waals surface area contributed by atoms with Crippen LogP contribution in [0, 0.1) is 5.92 Å². The number of esters is 1. The van der Waals surface area contributed by atoms with E-state index in [1.165, 1.54) is 7.11 Å². The van der Waals surface area contributed by atoms with Crippen LogP contribution in [0.2, 0.25) is 0 Å². The Hall–Kier alpha value is -1.14. The maximum absolute atomic E-state index is 11.7. The number of carbonyl (C=O) groups is 1. The highest BCUT2D eigenvalue weighted by atomic mass is 32.2. The van der Waals surface area contributed by atoms with Crippen molar-refractivity contribution in [1.29, 1.82) is 0 Å². The fourth-order valence-electron chi connectivity index (χ4n) is 2.14. The molecular weight excluding hydrogens is 242 g/mol. The quantitative estimate of drug-likeness (QED) is 0.604. The van der Waals surface area contributed by atoms with Gasteiger partial charge in [0.05, 0.1) is 17.6 Å². The average Bonchev–Trinajstić information content (AvgIpc) is 2.27. The molecule has 0 aliphatic heterocycles. The van der Waals surface area contributed by atoms with Crippen molar-refractivity contribution in [1.82, 2.24) is 0 Å². The van der Waals surface area contributed by atoms with Gasteiger partial charge in [-0.05, 0) is 31.6 Å². The van der Waals surface area contributed by atoms with Gasteiger partial charge >= 0.3 is 5.97 Å². The number of rotatable bonds is 4. The normalized spacial score (nSPS) is 21.2. The first-order chi connectivity index (χ1) is 7.91. The van der Waals surface area contributed by atoms with Gasteiger partial charge in [-0.25, -0.2) is 18.4 Å². The van der Waals surface area contributed by atoms with Crippen LogP contribution in [-0.2, 0) is 19.6 Å². The molecule has 0 heterocycles. The summed E-state index contributed by atoms with van der Waals surface area (Å²) in [4.78, 5) is 11.7. The molecule has 0 saturated heterocycles. The Morgan fingerprint density at radius 1 is 1.65 bits per heavy atom.